The predicted molar refractivity (Wildman–Crippen MR) is 121 cm³/mol. The molecule has 1 aromatic carbocycles. The number of imide groups is 1. The Balaban J connectivity index is 0.000000193. The van der Waals surface area contributed by atoms with Crippen molar-refractivity contribution in [3.8, 4) is 0 Å². The topological polar surface area (TPSA) is 95.9 Å². The van der Waals surface area contributed by atoms with Crippen LogP contribution in [-0.4, -0.2) is 46.1 Å². The van der Waals surface area contributed by atoms with Gasteiger partial charge in [-0.15, -0.1) is 0 Å². The summed E-state index contributed by atoms with van der Waals surface area (Å²) in [5.74, 6) is -1.70. The Kier molecular flexibility index (Phi) is 9.53. The maximum atomic E-state index is 11.8. The number of carboxylic acids is 1. The van der Waals surface area contributed by atoms with Gasteiger partial charge >= 0.3 is 12.1 Å². The fraction of sp³-hybridized carbons (Fsp3) is 0.640. The molecule has 3 aliphatic rings. The van der Waals surface area contributed by atoms with E-state index in [-0.39, 0.29) is 19.4 Å². The second kappa shape index (κ2) is 12.6. The zero-order chi connectivity index (χ0) is 22.8. The number of nitrogens with zero attached hydrogens (tertiary/aromatic N) is 1. The van der Waals surface area contributed by atoms with Crippen molar-refractivity contribution in [2.45, 2.75) is 102 Å². The molecule has 4 rings (SSSR count). The van der Waals surface area contributed by atoms with Gasteiger partial charge < -0.3 is 15.2 Å². The number of carbonyl (C=O) groups excluding carboxylic acids is 2. The molecule has 2 amide bonds. The Hall–Kier alpha value is -2.41. The monoisotopic (exact) mass is 444 g/mol. The van der Waals surface area contributed by atoms with Crippen LogP contribution in [0, 0.1) is 0 Å². The van der Waals surface area contributed by atoms with Crippen LogP contribution in [0.3, 0.4) is 0 Å². The van der Waals surface area contributed by atoms with Crippen LogP contribution in [0.25, 0.3) is 0 Å². The van der Waals surface area contributed by atoms with Gasteiger partial charge in [0.2, 0.25) is 5.91 Å². The lowest BCUT2D eigenvalue weighted by molar-refractivity contribution is -0.145. The van der Waals surface area contributed by atoms with Gasteiger partial charge in [0.15, 0.2) is 0 Å². The number of rotatable bonds is 5. The summed E-state index contributed by atoms with van der Waals surface area (Å²) in [6, 6.07) is 9.59. The van der Waals surface area contributed by atoms with Gasteiger partial charge in [0.05, 0.1) is 0 Å². The summed E-state index contributed by atoms with van der Waals surface area (Å²) >= 11 is 0. The molecule has 7 nitrogen and oxygen atoms in total. The number of carbonyl (C=O) groups is 3. The van der Waals surface area contributed by atoms with Crippen molar-refractivity contribution >= 4 is 18.0 Å². The number of nitrogens with one attached hydrogen (secondary N) is 1. The van der Waals surface area contributed by atoms with Crippen molar-refractivity contribution in [2.24, 2.45) is 0 Å². The molecule has 0 aromatic heterocycles. The second-order valence-electron chi connectivity index (χ2n) is 9.03. The number of hydrogen-bond donors (Lipinski definition) is 2. The van der Waals surface area contributed by atoms with Gasteiger partial charge in [0.25, 0.3) is 0 Å². The minimum absolute atomic E-state index is 0.00971. The van der Waals surface area contributed by atoms with Crippen LogP contribution in [0.2, 0.25) is 0 Å². The van der Waals surface area contributed by atoms with E-state index in [9.17, 15) is 14.4 Å². The van der Waals surface area contributed by atoms with E-state index >= 15 is 0 Å². The maximum Gasteiger partial charge on any atom is 0.417 e. The molecule has 1 heterocycles. The van der Waals surface area contributed by atoms with E-state index in [0.717, 1.165) is 17.6 Å². The molecular formula is C25H36N2O5. The van der Waals surface area contributed by atoms with Crippen LogP contribution in [0.15, 0.2) is 30.3 Å². The first kappa shape index (κ1) is 24.2. The first-order valence-corrected chi connectivity index (χ1v) is 12.1. The van der Waals surface area contributed by atoms with Crippen LogP contribution < -0.4 is 5.32 Å². The van der Waals surface area contributed by atoms with Gasteiger partial charge in [-0.25, -0.2) is 14.5 Å². The largest absolute Gasteiger partial charge is 0.480 e. The van der Waals surface area contributed by atoms with Crippen molar-refractivity contribution in [3.05, 3.63) is 35.9 Å². The fourth-order valence-corrected chi connectivity index (χ4v) is 4.81. The third-order valence-corrected chi connectivity index (χ3v) is 6.58. The SMILES string of the molecule is C1CCC(NC2CCCCC2)CC1.O=C(O)[C@@H]1CCC(=O)N1C(=O)OCc1ccccc1. The number of carboxylic acid groups (broad SMARTS) is 1. The summed E-state index contributed by atoms with van der Waals surface area (Å²) in [4.78, 5) is 34.9. The van der Waals surface area contributed by atoms with Crippen molar-refractivity contribution in [1.29, 1.82) is 0 Å². The molecule has 0 bridgehead atoms. The van der Waals surface area contributed by atoms with Gasteiger partial charge in [-0.2, -0.15) is 0 Å². The zero-order valence-electron chi connectivity index (χ0n) is 18.8. The van der Waals surface area contributed by atoms with E-state index in [2.05, 4.69) is 5.32 Å². The average molecular weight is 445 g/mol. The molecule has 7 heteroatoms. The van der Waals surface area contributed by atoms with Crippen molar-refractivity contribution < 1.29 is 24.2 Å². The van der Waals surface area contributed by atoms with Crippen LogP contribution in [-0.2, 0) is 20.9 Å². The van der Waals surface area contributed by atoms with E-state index < -0.39 is 24.0 Å². The van der Waals surface area contributed by atoms with Gasteiger partial charge in [0, 0.05) is 18.5 Å². The highest BCUT2D eigenvalue weighted by Crippen LogP contribution is 2.23. The highest BCUT2D eigenvalue weighted by Gasteiger charge is 2.41. The minimum Gasteiger partial charge on any atom is -0.480 e. The Morgan fingerprint density at radius 1 is 0.906 bits per heavy atom. The number of ether oxygens (including phenoxy) is 1. The molecule has 176 valence electrons. The van der Waals surface area contributed by atoms with Crippen LogP contribution in [0.5, 0.6) is 0 Å². The number of hydrogen-bond acceptors (Lipinski definition) is 5. The highest BCUT2D eigenvalue weighted by molar-refractivity contribution is 5.99. The molecule has 0 unspecified atom stereocenters. The normalized spacial score (nSPS) is 22.2. The Labute approximate surface area is 190 Å². The first-order valence-electron chi connectivity index (χ1n) is 12.1. The number of likely N-dealkylation sites (tertiary alicyclic amines) is 1. The summed E-state index contributed by atoms with van der Waals surface area (Å²) in [6.45, 7) is 0.00971. The Bertz CT molecular complexity index is 726. The molecule has 0 radical (unpaired) electrons. The molecule has 32 heavy (non-hydrogen) atoms. The highest BCUT2D eigenvalue weighted by atomic mass is 16.6. The lowest BCUT2D eigenvalue weighted by Gasteiger charge is -2.30. The average Bonchev–Trinajstić information content (AvgIpc) is 3.22. The quantitative estimate of drug-likeness (QED) is 0.687. The zero-order valence-corrected chi connectivity index (χ0v) is 18.8. The number of amides is 2. The van der Waals surface area contributed by atoms with E-state index in [0.29, 0.717) is 4.90 Å². The Morgan fingerprint density at radius 3 is 2.00 bits per heavy atom. The van der Waals surface area contributed by atoms with Crippen LogP contribution >= 0.6 is 0 Å². The lowest BCUT2D eigenvalue weighted by atomic mass is 9.91. The summed E-state index contributed by atoms with van der Waals surface area (Å²) in [5, 5.41) is 12.8. The minimum atomic E-state index is -1.19. The molecule has 2 aliphatic carbocycles. The molecule has 2 N–H and O–H groups in total. The molecular weight excluding hydrogens is 408 g/mol. The molecule has 1 atom stereocenters. The van der Waals surface area contributed by atoms with Gasteiger partial charge in [-0.1, -0.05) is 68.9 Å². The number of benzene rings is 1. The van der Waals surface area contributed by atoms with Crippen molar-refractivity contribution in [1.82, 2.24) is 10.2 Å². The van der Waals surface area contributed by atoms with Gasteiger partial charge in [0.1, 0.15) is 12.6 Å². The third-order valence-electron chi connectivity index (χ3n) is 6.58. The molecule has 1 aliphatic heterocycles. The van der Waals surface area contributed by atoms with E-state index in [1.807, 2.05) is 6.07 Å². The van der Waals surface area contributed by atoms with Crippen LogP contribution in [0.4, 0.5) is 4.79 Å². The number of aliphatic carboxylic acids is 1. The second-order valence-corrected chi connectivity index (χ2v) is 9.03. The summed E-state index contributed by atoms with van der Waals surface area (Å²) in [6.07, 6.45) is 13.8. The summed E-state index contributed by atoms with van der Waals surface area (Å²) < 4.78 is 4.97. The summed E-state index contributed by atoms with van der Waals surface area (Å²) in [5.41, 5.74) is 0.773. The predicted octanol–water partition coefficient (Wildman–Crippen LogP) is 4.64. The molecule has 0 spiro atoms. The molecule has 1 saturated heterocycles. The van der Waals surface area contributed by atoms with E-state index in [1.54, 1.807) is 24.3 Å². The fourth-order valence-electron chi connectivity index (χ4n) is 4.81. The van der Waals surface area contributed by atoms with Crippen molar-refractivity contribution in [2.75, 3.05) is 0 Å². The molecule has 1 aromatic rings. The molecule has 3 fully saturated rings. The Morgan fingerprint density at radius 2 is 1.47 bits per heavy atom. The van der Waals surface area contributed by atoms with Crippen LogP contribution in [0.1, 0.15) is 82.6 Å². The summed E-state index contributed by atoms with van der Waals surface area (Å²) in [7, 11) is 0. The smallest absolute Gasteiger partial charge is 0.417 e. The molecule has 2 saturated carbocycles. The standard InChI is InChI=1S/C13H13NO5.C12H23N/c15-11-7-6-10(12(16)17)14(11)13(18)19-8-9-4-2-1-3-5-9;1-3-7-11(8-4-1)13-12-9-5-2-6-10-12/h1-5,10H,6-8H2,(H,16,17);11-13H,1-10H2/t10-;/m0./s1. The van der Waals surface area contributed by atoms with E-state index in [1.165, 1.54) is 64.2 Å². The van der Waals surface area contributed by atoms with Gasteiger partial charge in [-0.05, 0) is 37.7 Å². The lowest BCUT2D eigenvalue weighted by Crippen LogP contribution is -2.43. The first-order chi connectivity index (χ1) is 15.5. The van der Waals surface area contributed by atoms with E-state index in [4.69, 9.17) is 9.84 Å². The maximum absolute atomic E-state index is 11.8. The van der Waals surface area contributed by atoms with Gasteiger partial charge in [-0.3, -0.25) is 4.79 Å². The van der Waals surface area contributed by atoms with Crippen molar-refractivity contribution in [3.63, 3.8) is 0 Å². The third kappa shape index (κ3) is 7.33.